The number of aromatic amines is 1. The minimum absolute atomic E-state index is 0.0113. The summed E-state index contributed by atoms with van der Waals surface area (Å²) >= 11 is 0. The minimum Gasteiger partial charge on any atom is -0.448 e. The molecule has 1 aliphatic carbocycles. The number of H-pyrrole nitrogens is 1. The van der Waals surface area contributed by atoms with Crippen LogP contribution < -0.4 is 5.32 Å². The predicted octanol–water partition coefficient (Wildman–Crippen LogP) is 4.67. The number of likely N-dealkylation sites (tertiary alicyclic amines) is 1. The Kier molecular flexibility index (Phi) is 5.25. The number of benzene rings is 2. The van der Waals surface area contributed by atoms with Gasteiger partial charge in [-0.25, -0.2) is 4.98 Å². The van der Waals surface area contributed by atoms with Crippen LogP contribution in [0.4, 0.5) is 0 Å². The summed E-state index contributed by atoms with van der Waals surface area (Å²) in [7, 11) is 0. The SMILES string of the molecule is Cc1cc(C)c2[nH]c(C(=O)N3CC(c4ocnc4CNC(=O)C4(c5ccccc5C)CC4)C3)cc2c1. The van der Waals surface area contributed by atoms with E-state index in [1.165, 1.54) is 12.0 Å². The molecule has 2 fully saturated rings. The summed E-state index contributed by atoms with van der Waals surface area (Å²) in [6, 6.07) is 14.2. The van der Waals surface area contributed by atoms with Gasteiger partial charge in [-0.3, -0.25) is 9.59 Å². The van der Waals surface area contributed by atoms with E-state index in [0.717, 1.165) is 51.9 Å². The van der Waals surface area contributed by atoms with Crippen LogP contribution in [0.5, 0.6) is 0 Å². The molecule has 0 radical (unpaired) electrons. The van der Waals surface area contributed by atoms with Crippen molar-refractivity contribution in [1.29, 1.82) is 0 Å². The fraction of sp³-hybridized carbons (Fsp3) is 0.345. The van der Waals surface area contributed by atoms with E-state index < -0.39 is 5.41 Å². The maximum Gasteiger partial charge on any atom is 0.270 e. The van der Waals surface area contributed by atoms with Crippen molar-refractivity contribution in [3.63, 3.8) is 0 Å². The molecule has 2 aliphatic rings. The van der Waals surface area contributed by atoms with Gasteiger partial charge in [-0.2, -0.15) is 0 Å². The van der Waals surface area contributed by atoms with E-state index >= 15 is 0 Å². The molecule has 1 saturated heterocycles. The van der Waals surface area contributed by atoms with Crippen LogP contribution in [0.3, 0.4) is 0 Å². The van der Waals surface area contributed by atoms with Gasteiger partial charge in [-0.05, 0) is 62.4 Å². The van der Waals surface area contributed by atoms with Crippen molar-refractivity contribution < 1.29 is 14.0 Å². The average molecular weight is 483 g/mol. The van der Waals surface area contributed by atoms with Crippen LogP contribution in [0.25, 0.3) is 10.9 Å². The second-order valence-electron chi connectivity index (χ2n) is 10.4. The van der Waals surface area contributed by atoms with E-state index in [2.05, 4.69) is 60.3 Å². The molecule has 7 nitrogen and oxygen atoms in total. The topological polar surface area (TPSA) is 91.2 Å². The summed E-state index contributed by atoms with van der Waals surface area (Å²) in [4.78, 5) is 35.7. The van der Waals surface area contributed by atoms with Gasteiger partial charge in [0.1, 0.15) is 17.1 Å². The standard InChI is InChI=1S/C29H30N4O3/c1-17-10-19(3)25-20(11-17)12-23(32-25)27(34)33-14-21(15-33)26-24(31-16-36-26)13-30-28(35)29(8-9-29)22-7-5-4-6-18(22)2/h4-7,10-12,16,21,32H,8-9,13-15H2,1-3H3,(H,30,35). The number of nitrogens with zero attached hydrogens (tertiary/aromatic N) is 2. The van der Waals surface area contributed by atoms with Crippen molar-refractivity contribution in [2.75, 3.05) is 13.1 Å². The molecule has 2 aromatic heterocycles. The number of fused-ring (bicyclic) bond motifs is 1. The Morgan fingerprint density at radius 1 is 1.11 bits per heavy atom. The zero-order valence-electron chi connectivity index (χ0n) is 20.9. The maximum absolute atomic E-state index is 13.1. The number of oxazole rings is 1. The number of carbonyl (C=O) groups is 2. The van der Waals surface area contributed by atoms with E-state index in [1.54, 1.807) is 0 Å². The Labute approximate surface area is 209 Å². The monoisotopic (exact) mass is 482 g/mol. The Balaban J connectivity index is 1.10. The summed E-state index contributed by atoms with van der Waals surface area (Å²) < 4.78 is 5.71. The van der Waals surface area contributed by atoms with Crippen molar-refractivity contribution in [2.24, 2.45) is 0 Å². The third-order valence-electron chi connectivity index (χ3n) is 7.77. The number of aromatic nitrogens is 2. The molecule has 1 aliphatic heterocycles. The van der Waals surface area contributed by atoms with Gasteiger partial charge in [0.25, 0.3) is 5.91 Å². The zero-order valence-corrected chi connectivity index (χ0v) is 20.9. The fourth-order valence-electron chi connectivity index (χ4n) is 5.64. The number of aryl methyl sites for hydroxylation is 3. The first-order valence-corrected chi connectivity index (χ1v) is 12.5. The van der Waals surface area contributed by atoms with Crippen molar-refractivity contribution in [3.8, 4) is 0 Å². The van der Waals surface area contributed by atoms with E-state index in [1.807, 2.05) is 23.1 Å². The highest BCUT2D eigenvalue weighted by molar-refractivity contribution is 5.99. The van der Waals surface area contributed by atoms with Crippen LogP contribution >= 0.6 is 0 Å². The Morgan fingerprint density at radius 2 is 1.89 bits per heavy atom. The van der Waals surface area contributed by atoms with E-state index in [4.69, 9.17) is 4.42 Å². The molecule has 0 atom stereocenters. The molecule has 2 N–H and O–H groups in total. The molecule has 7 heteroatoms. The van der Waals surface area contributed by atoms with E-state index in [0.29, 0.717) is 25.3 Å². The first kappa shape index (κ1) is 22.6. The Hall–Kier alpha value is -3.87. The van der Waals surface area contributed by atoms with Gasteiger partial charge >= 0.3 is 0 Å². The molecule has 6 rings (SSSR count). The summed E-state index contributed by atoms with van der Waals surface area (Å²) in [5, 5.41) is 4.15. The van der Waals surface area contributed by atoms with Gasteiger partial charge in [0, 0.05) is 24.0 Å². The molecule has 0 unspecified atom stereocenters. The Morgan fingerprint density at radius 3 is 2.64 bits per heavy atom. The van der Waals surface area contributed by atoms with Crippen molar-refractivity contribution in [1.82, 2.24) is 20.2 Å². The van der Waals surface area contributed by atoms with Crippen molar-refractivity contribution in [2.45, 2.75) is 51.5 Å². The smallest absolute Gasteiger partial charge is 0.270 e. The van der Waals surface area contributed by atoms with E-state index in [-0.39, 0.29) is 17.7 Å². The van der Waals surface area contributed by atoms with Gasteiger partial charge in [0.05, 0.1) is 17.9 Å². The van der Waals surface area contributed by atoms with Gasteiger partial charge in [-0.15, -0.1) is 0 Å². The highest BCUT2D eigenvalue weighted by Gasteiger charge is 2.51. The summed E-state index contributed by atoms with van der Waals surface area (Å²) in [5.41, 5.74) is 6.49. The molecule has 36 heavy (non-hydrogen) atoms. The molecule has 4 aromatic rings. The number of amides is 2. The minimum atomic E-state index is -0.425. The zero-order chi connectivity index (χ0) is 25.0. The maximum atomic E-state index is 13.1. The Bertz CT molecular complexity index is 1490. The van der Waals surface area contributed by atoms with Crippen molar-refractivity contribution in [3.05, 3.63) is 88.3 Å². The molecule has 184 valence electrons. The van der Waals surface area contributed by atoms with Crippen LogP contribution in [0.1, 0.15) is 63.0 Å². The summed E-state index contributed by atoms with van der Waals surface area (Å²) in [6.07, 6.45) is 3.15. The average Bonchev–Trinajstić information content (AvgIpc) is 3.30. The highest BCUT2D eigenvalue weighted by Crippen LogP contribution is 2.49. The third-order valence-corrected chi connectivity index (χ3v) is 7.77. The first-order valence-electron chi connectivity index (χ1n) is 12.5. The van der Waals surface area contributed by atoms with Crippen LogP contribution in [-0.2, 0) is 16.8 Å². The molecule has 0 bridgehead atoms. The quantitative estimate of drug-likeness (QED) is 0.418. The summed E-state index contributed by atoms with van der Waals surface area (Å²) in [6.45, 7) is 7.62. The van der Waals surface area contributed by atoms with E-state index in [9.17, 15) is 9.59 Å². The van der Waals surface area contributed by atoms with Gasteiger partial charge < -0.3 is 19.6 Å². The first-order chi connectivity index (χ1) is 17.4. The van der Waals surface area contributed by atoms with Crippen LogP contribution in [-0.4, -0.2) is 39.8 Å². The fourth-order valence-corrected chi connectivity index (χ4v) is 5.64. The molecule has 2 amide bonds. The molecular formula is C29H30N4O3. The number of hydrogen-bond donors (Lipinski definition) is 2. The molecule has 3 heterocycles. The lowest BCUT2D eigenvalue weighted by atomic mass is 9.91. The largest absolute Gasteiger partial charge is 0.448 e. The number of carbonyl (C=O) groups excluding carboxylic acids is 2. The third kappa shape index (κ3) is 3.70. The molecular weight excluding hydrogens is 452 g/mol. The highest BCUT2D eigenvalue weighted by atomic mass is 16.3. The number of hydrogen-bond acceptors (Lipinski definition) is 4. The lowest BCUT2D eigenvalue weighted by Crippen LogP contribution is -2.48. The number of nitrogens with one attached hydrogen (secondary N) is 2. The van der Waals surface area contributed by atoms with Gasteiger partial charge in [-0.1, -0.05) is 35.9 Å². The van der Waals surface area contributed by atoms with Gasteiger partial charge in [0.15, 0.2) is 6.39 Å². The van der Waals surface area contributed by atoms with Crippen molar-refractivity contribution >= 4 is 22.7 Å². The molecule has 0 spiro atoms. The van der Waals surface area contributed by atoms with Crippen LogP contribution in [0, 0.1) is 20.8 Å². The van der Waals surface area contributed by atoms with Crippen LogP contribution in [0.2, 0.25) is 0 Å². The van der Waals surface area contributed by atoms with Gasteiger partial charge in [0.2, 0.25) is 5.91 Å². The normalized spacial score (nSPS) is 16.7. The number of rotatable bonds is 6. The molecule has 1 saturated carbocycles. The molecule has 2 aromatic carbocycles. The lowest BCUT2D eigenvalue weighted by Gasteiger charge is -2.38. The van der Waals surface area contributed by atoms with Crippen LogP contribution in [0.15, 0.2) is 53.3 Å². The second kappa shape index (κ2) is 8.36. The summed E-state index contributed by atoms with van der Waals surface area (Å²) in [5.74, 6) is 0.856. The second-order valence-corrected chi connectivity index (χ2v) is 10.4. The lowest BCUT2D eigenvalue weighted by molar-refractivity contribution is -0.123. The predicted molar refractivity (Wildman–Crippen MR) is 137 cm³/mol.